The molecule has 3 aromatic carbocycles. The van der Waals surface area contributed by atoms with Gasteiger partial charge in [0.15, 0.2) is 0 Å². The maximum absolute atomic E-state index is 10.8. The van der Waals surface area contributed by atoms with Gasteiger partial charge in [0.05, 0.1) is 40.6 Å². The summed E-state index contributed by atoms with van der Waals surface area (Å²) in [6.45, 7) is 7.52. The molecule has 0 aliphatic heterocycles. The second-order valence-corrected chi connectivity index (χ2v) is 8.17. The van der Waals surface area contributed by atoms with Crippen molar-refractivity contribution in [2.45, 2.75) is 39.3 Å². The van der Waals surface area contributed by atoms with E-state index in [1.165, 1.54) is 0 Å². The molecule has 0 aromatic heterocycles. The van der Waals surface area contributed by atoms with Gasteiger partial charge in [-0.15, -0.1) is 0 Å². The molecule has 5 heteroatoms. The highest BCUT2D eigenvalue weighted by atomic mass is 16.5. The molecule has 1 unspecified atom stereocenters. The van der Waals surface area contributed by atoms with E-state index in [1.807, 2.05) is 66.7 Å². The van der Waals surface area contributed by atoms with Crippen molar-refractivity contribution >= 4 is 0 Å². The minimum absolute atomic E-state index is 0.339. The zero-order valence-electron chi connectivity index (χ0n) is 20.3. The van der Waals surface area contributed by atoms with Crippen LogP contribution in [0.3, 0.4) is 0 Å². The third-order valence-electron chi connectivity index (χ3n) is 5.64. The van der Waals surface area contributed by atoms with Crippen LogP contribution in [0.5, 0.6) is 11.5 Å². The summed E-state index contributed by atoms with van der Waals surface area (Å²) in [5.74, 6) is 1.25. The van der Waals surface area contributed by atoms with Crippen molar-refractivity contribution in [3.05, 3.63) is 107 Å². The van der Waals surface area contributed by atoms with Crippen LogP contribution in [-0.4, -0.2) is 25.9 Å². The highest BCUT2D eigenvalue weighted by Crippen LogP contribution is 2.40. The van der Waals surface area contributed by atoms with Crippen molar-refractivity contribution in [1.29, 1.82) is 0 Å². The first-order valence-corrected chi connectivity index (χ1v) is 11.4. The molecular weight excluding hydrogens is 428 g/mol. The van der Waals surface area contributed by atoms with E-state index in [0.29, 0.717) is 55.5 Å². The monoisotopic (exact) mass is 462 g/mol. The number of hydrogen-bond acceptors (Lipinski definition) is 5. The molecule has 0 spiro atoms. The van der Waals surface area contributed by atoms with Crippen molar-refractivity contribution in [3.63, 3.8) is 0 Å². The van der Waals surface area contributed by atoms with Crippen LogP contribution in [0.4, 0.5) is 0 Å². The Morgan fingerprint density at radius 3 is 1.94 bits per heavy atom. The van der Waals surface area contributed by atoms with Gasteiger partial charge in [-0.25, -0.2) is 0 Å². The van der Waals surface area contributed by atoms with Crippen LogP contribution in [0.25, 0.3) is 0 Å². The third-order valence-corrected chi connectivity index (χ3v) is 5.64. The maximum Gasteiger partial charge on any atom is 0.128 e. The lowest BCUT2D eigenvalue weighted by molar-refractivity contribution is 0.102. The highest BCUT2D eigenvalue weighted by molar-refractivity contribution is 5.55. The first kappa shape index (κ1) is 25.5. The first-order valence-electron chi connectivity index (χ1n) is 11.4. The van der Waals surface area contributed by atoms with Crippen LogP contribution < -0.4 is 9.47 Å². The van der Waals surface area contributed by atoms with Crippen molar-refractivity contribution in [3.8, 4) is 11.5 Å². The summed E-state index contributed by atoms with van der Waals surface area (Å²) in [6, 6.07) is 21.9. The Balaban J connectivity index is 1.86. The van der Waals surface area contributed by atoms with Gasteiger partial charge in [-0.05, 0) is 36.1 Å². The van der Waals surface area contributed by atoms with Gasteiger partial charge in [0.2, 0.25) is 0 Å². The molecule has 1 N–H and O–H groups in total. The Morgan fingerprint density at radius 2 is 1.41 bits per heavy atom. The Bertz CT molecular complexity index is 1050. The molecule has 0 fully saturated rings. The molecular formula is C29H34O5. The molecule has 34 heavy (non-hydrogen) atoms. The molecule has 180 valence electrons. The van der Waals surface area contributed by atoms with E-state index in [-0.39, 0.29) is 0 Å². The smallest absolute Gasteiger partial charge is 0.128 e. The third kappa shape index (κ3) is 6.70. The van der Waals surface area contributed by atoms with Crippen LogP contribution in [0.1, 0.15) is 40.8 Å². The Kier molecular flexibility index (Phi) is 9.71. The lowest BCUT2D eigenvalue weighted by atomic mass is 9.94. The summed E-state index contributed by atoms with van der Waals surface area (Å²) < 4.78 is 23.5. The molecule has 0 heterocycles. The van der Waals surface area contributed by atoms with Gasteiger partial charge in [0.25, 0.3) is 0 Å². The molecule has 5 nitrogen and oxygen atoms in total. The van der Waals surface area contributed by atoms with E-state index >= 15 is 0 Å². The molecule has 0 bridgehead atoms. The van der Waals surface area contributed by atoms with Gasteiger partial charge in [-0.2, -0.15) is 0 Å². The zero-order chi connectivity index (χ0) is 24.3. The summed E-state index contributed by atoms with van der Waals surface area (Å²) >= 11 is 0. The van der Waals surface area contributed by atoms with Gasteiger partial charge < -0.3 is 24.1 Å². The van der Waals surface area contributed by atoms with Crippen molar-refractivity contribution in [2.75, 3.05) is 20.8 Å². The number of aliphatic hydroxyl groups excluding tert-OH is 1. The first-order chi connectivity index (χ1) is 16.5. The maximum atomic E-state index is 10.8. The van der Waals surface area contributed by atoms with E-state index in [9.17, 15) is 5.11 Å². The van der Waals surface area contributed by atoms with E-state index in [2.05, 4.69) is 6.58 Å². The van der Waals surface area contributed by atoms with Gasteiger partial charge in [0.1, 0.15) is 17.6 Å². The zero-order valence-corrected chi connectivity index (χ0v) is 20.3. The van der Waals surface area contributed by atoms with E-state index in [1.54, 1.807) is 21.1 Å². The Morgan fingerprint density at radius 1 is 0.824 bits per heavy atom. The fraction of sp³-hybridized carbons (Fsp3) is 0.310. The van der Waals surface area contributed by atoms with Crippen LogP contribution in [0, 0.1) is 0 Å². The van der Waals surface area contributed by atoms with Crippen LogP contribution in [0.2, 0.25) is 0 Å². The van der Waals surface area contributed by atoms with Crippen LogP contribution in [0.15, 0.2) is 78.9 Å². The Hall–Kier alpha value is -3.12. The normalized spacial score (nSPS) is 11.8. The number of benzene rings is 3. The second kappa shape index (κ2) is 12.9. The number of methoxy groups -OCH3 is 2. The molecule has 0 amide bonds. The standard InChI is InChI=1S/C29H34O5/c1-21(2)28(30)25-17-27(31-3)26(20-34-19-23-13-9-6-10-14-23)24(29(25)32-4)15-16-33-18-22-11-7-5-8-12-22/h5-14,17,28,30H,1,15-16,18-20H2,2-4H3. The predicted octanol–water partition coefficient (Wildman–Crippen LogP) is 5.79. The van der Waals surface area contributed by atoms with Gasteiger partial charge in [0, 0.05) is 16.7 Å². The summed E-state index contributed by atoms with van der Waals surface area (Å²) in [6.07, 6.45) is -0.292. The summed E-state index contributed by atoms with van der Waals surface area (Å²) in [5, 5.41) is 10.8. The number of rotatable bonds is 13. The molecule has 0 saturated heterocycles. The van der Waals surface area contributed by atoms with Crippen molar-refractivity contribution < 1.29 is 24.1 Å². The quantitative estimate of drug-likeness (QED) is 0.257. The second-order valence-electron chi connectivity index (χ2n) is 8.17. The molecule has 0 aliphatic carbocycles. The fourth-order valence-corrected chi connectivity index (χ4v) is 3.85. The fourth-order valence-electron chi connectivity index (χ4n) is 3.85. The topological polar surface area (TPSA) is 57.2 Å². The van der Waals surface area contributed by atoms with Gasteiger partial charge in [-0.3, -0.25) is 0 Å². The summed E-state index contributed by atoms with van der Waals surface area (Å²) in [4.78, 5) is 0. The Labute approximate surface area is 202 Å². The van der Waals surface area contributed by atoms with E-state index < -0.39 is 6.10 Å². The molecule has 0 saturated carbocycles. The predicted molar refractivity (Wildman–Crippen MR) is 134 cm³/mol. The van der Waals surface area contributed by atoms with Crippen molar-refractivity contribution in [2.24, 2.45) is 0 Å². The lowest BCUT2D eigenvalue weighted by Crippen LogP contribution is -2.11. The molecule has 3 aromatic rings. The lowest BCUT2D eigenvalue weighted by Gasteiger charge is -2.23. The number of aliphatic hydroxyl groups is 1. The molecule has 0 aliphatic rings. The average molecular weight is 463 g/mol. The van der Waals surface area contributed by atoms with E-state index in [0.717, 1.165) is 22.3 Å². The minimum atomic E-state index is -0.868. The number of hydrogen-bond donors (Lipinski definition) is 1. The summed E-state index contributed by atoms with van der Waals surface area (Å²) in [5.41, 5.74) is 5.24. The minimum Gasteiger partial charge on any atom is -0.496 e. The largest absolute Gasteiger partial charge is 0.496 e. The molecule has 3 rings (SSSR count). The molecule has 0 radical (unpaired) electrons. The van der Waals surface area contributed by atoms with Crippen molar-refractivity contribution in [1.82, 2.24) is 0 Å². The summed E-state index contributed by atoms with van der Waals surface area (Å²) in [7, 11) is 3.23. The average Bonchev–Trinajstić information content (AvgIpc) is 2.87. The number of ether oxygens (including phenoxy) is 4. The molecule has 1 atom stereocenters. The van der Waals surface area contributed by atoms with Gasteiger partial charge >= 0.3 is 0 Å². The SMILES string of the molecule is C=C(C)C(O)c1cc(OC)c(COCc2ccccc2)c(CCOCc2ccccc2)c1OC. The highest BCUT2D eigenvalue weighted by Gasteiger charge is 2.24. The van der Waals surface area contributed by atoms with Crippen LogP contribution >= 0.6 is 0 Å². The van der Waals surface area contributed by atoms with Crippen LogP contribution in [-0.2, 0) is 35.7 Å². The van der Waals surface area contributed by atoms with E-state index in [4.69, 9.17) is 18.9 Å². The van der Waals surface area contributed by atoms with Gasteiger partial charge in [-0.1, -0.05) is 67.2 Å².